The maximum Gasteiger partial charge on any atom is 0.417 e. The van der Waals surface area contributed by atoms with E-state index >= 15 is 0 Å². The van der Waals surface area contributed by atoms with Crippen LogP contribution in [0.2, 0.25) is 0 Å². The summed E-state index contributed by atoms with van der Waals surface area (Å²) in [5, 5.41) is 0. The van der Waals surface area contributed by atoms with Crippen molar-refractivity contribution in [3.05, 3.63) is 69.2 Å². The largest absolute Gasteiger partial charge is 0.417 e. The predicted molar refractivity (Wildman–Crippen MR) is 78.4 cm³/mol. The molecular formula is C16H12BrF3O. The molecular weight excluding hydrogens is 345 g/mol. The summed E-state index contributed by atoms with van der Waals surface area (Å²) in [4.78, 5) is 12.1. The van der Waals surface area contributed by atoms with Gasteiger partial charge in [0.2, 0.25) is 0 Å². The molecule has 0 spiro atoms. The highest BCUT2D eigenvalue weighted by molar-refractivity contribution is 9.10. The number of carbonyl (C=O) groups is 1. The van der Waals surface area contributed by atoms with Crippen molar-refractivity contribution >= 4 is 21.7 Å². The average molecular weight is 357 g/mol. The van der Waals surface area contributed by atoms with E-state index in [9.17, 15) is 18.0 Å². The molecule has 0 heterocycles. The van der Waals surface area contributed by atoms with E-state index in [0.29, 0.717) is 0 Å². The summed E-state index contributed by atoms with van der Waals surface area (Å²) in [7, 11) is 0. The number of alkyl halides is 3. The number of aryl methyl sites for hydroxylation is 1. The summed E-state index contributed by atoms with van der Waals surface area (Å²) in [6.45, 7) is 1.93. The van der Waals surface area contributed by atoms with Gasteiger partial charge >= 0.3 is 6.18 Å². The van der Waals surface area contributed by atoms with E-state index < -0.39 is 11.7 Å². The molecule has 0 atom stereocenters. The zero-order valence-electron chi connectivity index (χ0n) is 11.2. The number of Topliss-reactive ketones (excluding diaryl/α,β-unsaturated/α-hetero) is 1. The van der Waals surface area contributed by atoms with Crippen molar-refractivity contribution in [2.75, 3.05) is 0 Å². The summed E-state index contributed by atoms with van der Waals surface area (Å²) >= 11 is 2.86. The molecule has 110 valence electrons. The maximum absolute atomic E-state index is 12.8. The Morgan fingerprint density at radius 3 is 2.29 bits per heavy atom. The molecule has 2 rings (SSSR count). The predicted octanol–water partition coefficient (Wildman–Crippen LogP) is 5.20. The lowest BCUT2D eigenvalue weighted by atomic mass is 10.0. The summed E-state index contributed by atoms with van der Waals surface area (Å²) in [5.41, 5.74) is 1.07. The molecule has 2 aromatic carbocycles. The van der Waals surface area contributed by atoms with Crippen molar-refractivity contribution in [1.29, 1.82) is 0 Å². The van der Waals surface area contributed by atoms with Gasteiger partial charge in [-0.1, -0.05) is 51.8 Å². The monoisotopic (exact) mass is 356 g/mol. The van der Waals surface area contributed by atoms with Crippen molar-refractivity contribution in [2.45, 2.75) is 19.5 Å². The van der Waals surface area contributed by atoms with Gasteiger partial charge in [0.15, 0.2) is 5.78 Å². The third-order valence-electron chi connectivity index (χ3n) is 3.08. The molecule has 1 nitrogen and oxygen atoms in total. The minimum absolute atomic E-state index is 0.0612. The fourth-order valence-corrected chi connectivity index (χ4v) is 2.38. The van der Waals surface area contributed by atoms with Gasteiger partial charge in [-0.3, -0.25) is 4.79 Å². The molecule has 0 amide bonds. The maximum atomic E-state index is 12.8. The number of halogens is 4. The molecule has 0 fully saturated rings. The Bertz CT molecular complexity index is 660. The van der Waals surface area contributed by atoms with Crippen LogP contribution in [0.25, 0.3) is 0 Å². The first-order chi connectivity index (χ1) is 9.77. The molecule has 0 bridgehead atoms. The third kappa shape index (κ3) is 3.94. The van der Waals surface area contributed by atoms with Gasteiger partial charge in [-0.15, -0.1) is 0 Å². The molecule has 0 N–H and O–H groups in total. The second-order valence-corrected chi connectivity index (χ2v) is 5.63. The van der Waals surface area contributed by atoms with Crippen LogP contribution < -0.4 is 0 Å². The first-order valence-electron chi connectivity index (χ1n) is 6.23. The SMILES string of the molecule is Cc1ccc(CC(=O)c2ccc(Br)c(C(F)(F)F)c2)cc1. The number of carbonyl (C=O) groups excluding carboxylic acids is 1. The van der Waals surface area contributed by atoms with Crippen LogP contribution in [-0.4, -0.2) is 5.78 Å². The van der Waals surface area contributed by atoms with Gasteiger partial charge in [0, 0.05) is 16.5 Å². The fourth-order valence-electron chi connectivity index (χ4n) is 1.91. The molecule has 0 saturated carbocycles. The van der Waals surface area contributed by atoms with Crippen molar-refractivity contribution in [3.8, 4) is 0 Å². The molecule has 0 aliphatic heterocycles. The average Bonchev–Trinajstić information content (AvgIpc) is 2.40. The van der Waals surface area contributed by atoms with E-state index in [1.165, 1.54) is 12.1 Å². The Morgan fingerprint density at radius 1 is 1.10 bits per heavy atom. The summed E-state index contributed by atoms with van der Waals surface area (Å²) in [6.07, 6.45) is -4.40. The lowest BCUT2D eigenvalue weighted by Crippen LogP contribution is -2.10. The lowest BCUT2D eigenvalue weighted by molar-refractivity contribution is -0.138. The van der Waals surface area contributed by atoms with E-state index in [4.69, 9.17) is 0 Å². The smallest absolute Gasteiger partial charge is 0.294 e. The third-order valence-corrected chi connectivity index (χ3v) is 3.77. The fraction of sp³-hybridized carbons (Fsp3) is 0.188. The van der Waals surface area contributed by atoms with E-state index in [-0.39, 0.29) is 22.2 Å². The summed E-state index contributed by atoms with van der Waals surface area (Å²) < 4.78 is 38.4. The number of benzene rings is 2. The van der Waals surface area contributed by atoms with E-state index in [1.807, 2.05) is 19.1 Å². The molecule has 0 aromatic heterocycles. The quantitative estimate of drug-likeness (QED) is 0.690. The highest BCUT2D eigenvalue weighted by Crippen LogP contribution is 2.35. The number of hydrogen-bond donors (Lipinski definition) is 0. The molecule has 0 radical (unpaired) electrons. The Kier molecular flexibility index (Phi) is 4.52. The van der Waals surface area contributed by atoms with Gasteiger partial charge in [-0.25, -0.2) is 0 Å². The first kappa shape index (κ1) is 15.8. The van der Waals surface area contributed by atoms with Crippen molar-refractivity contribution in [2.24, 2.45) is 0 Å². The van der Waals surface area contributed by atoms with Crippen molar-refractivity contribution in [3.63, 3.8) is 0 Å². The summed E-state index contributed by atoms with van der Waals surface area (Å²) in [5.74, 6) is -0.336. The van der Waals surface area contributed by atoms with Gasteiger partial charge in [0.05, 0.1) is 5.56 Å². The Hall–Kier alpha value is -1.62. The Morgan fingerprint density at radius 2 is 1.71 bits per heavy atom. The first-order valence-corrected chi connectivity index (χ1v) is 7.02. The Balaban J connectivity index is 2.25. The molecule has 5 heteroatoms. The zero-order valence-corrected chi connectivity index (χ0v) is 12.8. The van der Waals surface area contributed by atoms with Crippen molar-refractivity contribution in [1.82, 2.24) is 0 Å². The van der Waals surface area contributed by atoms with Crippen LogP contribution in [0.1, 0.15) is 27.0 Å². The van der Waals surface area contributed by atoms with Crippen LogP contribution >= 0.6 is 15.9 Å². The highest BCUT2D eigenvalue weighted by atomic mass is 79.9. The molecule has 21 heavy (non-hydrogen) atoms. The molecule has 2 aromatic rings. The number of rotatable bonds is 3. The molecule has 0 unspecified atom stereocenters. The van der Waals surface area contributed by atoms with Gasteiger partial charge in [-0.05, 0) is 24.6 Å². The van der Waals surface area contributed by atoms with E-state index in [1.54, 1.807) is 12.1 Å². The van der Waals surface area contributed by atoms with E-state index in [2.05, 4.69) is 15.9 Å². The van der Waals surface area contributed by atoms with Gasteiger partial charge in [0.1, 0.15) is 0 Å². The second-order valence-electron chi connectivity index (χ2n) is 4.78. The van der Waals surface area contributed by atoms with E-state index in [0.717, 1.165) is 17.2 Å². The van der Waals surface area contributed by atoms with Gasteiger partial charge in [-0.2, -0.15) is 13.2 Å². The van der Waals surface area contributed by atoms with Crippen molar-refractivity contribution < 1.29 is 18.0 Å². The van der Waals surface area contributed by atoms with Crippen LogP contribution in [0, 0.1) is 6.92 Å². The van der Waals surface area contributed by atoms with Gasteiger partial charge < -0.3 is 0 Å². The van der Waals surface area contributed by atoms with Crippen LogP contribution in [0.5, 0.6) is 0 Å². The Labute approximate surface area is 128 Å². The standard InChI is InChI=1S/C16H12BrF3O/c1-10-2-4-11(5-3-10)8-15(21)12-6-7-14(17)13(9-12)16(18,19)20/h2-7,9H,8H2,1H3. The van der Waals surface area contributed by atoms with Crippen LogP contribution in [0.15, 0.2) is 46.9 Å². The lowest BCUT2D eigenvalue weighted by Gasteiger charge is -2.10. The second kappa shape index (κ2) is 6.02. The highest BCUT2D eigenvalue weighted by Gasteiger charge is 2.33. The minimum Gasteiger partial charge on any atom is -0.294 e. The minimum atomic E-state index is -4.49. The van der Waals surface area contributed by atoms with Crippen LogP contribution in [-0.2, 0) is 12.6 Å². The molecule has 0 aliphatic rings. The number of ketones is 1. The molecule has 0 aliphatic carbocycles. The summed E-state index contributed by atoms with van der Waals surface area (Å²) in [6, 6.07) is 10.9. The van der Waals surface area contributed by atoms with Gasteiger partial charge in [0.25, 0.3) is 0 Å². The van der Waals surface area contributed by atoms with Crippen LogP contribution in [0.3, 0.4) is 0 Å². The zero-order chi connectivity index (χ0) is 15.6. The van der Waals surface area contributed by atoms with Crippen LogP contribution in [0.4, 0.5) is 13.2 Å². The normalized spacial score (nSPS) is 11.5. The topological polar surface area (TPSA) is 17.1 Å². The molecule has 0 saturated heterocycles. The number of hydrogen-bond acceptors (Lipinski definition) is 1.